The minimum absolute atomic E-state index is 0.329. The van der Waals surface area contributed by atoms with Gasteiger partial charge in [0.15, 0.2) is 11.5 Å². The molecule has 1 aliphatic heterocycles. The summed E-state index contributed by atoms with van der Waals surface area (Å²) in [6.07, 6.45) is -4.55. The van der Waals surface area contributed by atoms with Crippen LogP contribution in [-0.4, -0.2) is 52.4 Å². The molecule has 1 N–H and O–H groups in total. The van der Waals surface area contributed by atoms with Crippen molar-refractivity contribution in [2.45, 2.75) is 12.2 Å². The van der Waals surface area contributed by atoms with E-state index in [0.717, 1.165) is 19.2 Å². The molecule has 1 fully saturated rings. The Balaban J connectivity index is 2.21. The van der Waals surface area contributed by atoms with Gasteiger partial charge in [0, 0.05) is 31.7 Å². The molecule has 0 radical (unpaired) electrons. The largest absolute Gasteiger partial charge is 0.493 e. The molecular weight excluding hydrogens is 421 g/mol. The van der Waals surface area contributed by atoms with E-state index in [4.69, 9.17) is 25.8 Å². The summed E-state index contributed by atoms with van der Waals surface area (Å²) in [4.78, 5) is 2.11. The fourth-order valence-electron chi connectivity index (χ4n) is 3.80. The summed E-state index contributed by atoms with van der Waals surface area (Å²) in [5.41, 5.74) is 0.299. The van der Waals surface area contributed by atoms with Gasteiger partial charge in [-0.25, -0.2) is 0 Å². The number of halogens is 4. The van der Waals surface area contributed by atoms with Crippen molar-refractivity contribution in [2.75, 3.05) is 47.5 Å². The Morgan fingerprint density at radius 1 is 0.967 bits per heavy atom. The number of piperazine rings is 1. The summed E-state index contributed by atoms with van der Waals surface area (Å²) < 4.78 is 57.1. The quantitative estimate of drug-likeness (QED) is 0.716. The van der Waals surface area contributed by atoms with Crippen molar-refractivity contribution in [2.24, 2.45) is 0 Å². The fourth-order valence-corrected chi connectivity index (χ4v) is 4.02. The highest BCUT2D eigenvalue weighted by atomic mass is 35.5. The molecule has 1 heterocycles. The molecule has 1 saturated heterocycles. The molecule has 0 saturated carbocycles. The predicted molar refractivity (Wildman–Crippen MR) is 109 cm³/mol. The molecule has 0 spiro atoms. The topological polar surface area (TPSA) is 43.0 Å². The fraction of sp³-hybridized carbons (Fsp3) is 0.429. The number of nitrogens with zero attached hydrogens (tertiary/aromatic N) is 1. The summed E-state index contributed by atoms with van der Waals surface area (Å²) in [7, 11) is 4.51. The van der Waals surface area contributed by atoms with Gasteiger partial charge < -0.3 is 19.5 Å². The summed E-state index contributed by atoms with van der Waals surface area (Å²) in [5.74, 6) is 1.29. The van der Waals surface area contributed by atoms with E-state index in [1.165, 1.54) is 27.4 Å². The molecule has 0 aromatic heterocycles. The van der Waals surface area contributed by atoms with E-state index < -0.39 is 17.8 Å². The highest BCUT2D eigenvalue weighted by Crippen LogP contribution is 2.46. The second-order valence-corrected chi connectivity index (χ2v) is 7.26. The zero-order chi connectivity index (χ0) is 21.9. The Kier molecular flexibility index (Phi) is 7.00. The van der Waals surface area contributed by atoms with E-state index in [1.807, 2.05) is 0 Å². The third-order valence-corrected chi connectivity index (χ3v) is 5.49. The van der Waals surface area contributed by atoms with Crippen molar-refractivity contribution >= 4 is 11.6 Å². The van der Waals surface area contributed by atoms with Crippen molar-refractivity contribution in [1.29, 1.82) is 0 Å². The van der Waals surface area contributed by atoms with E-state index in [0.29, 0.717) is 41.5 Å². The number of methoxy groups -OCH3 is 3. The molecule has 1 atom stereocenters. The lowest BCUT2D eigenvalue weighted by molar-refractivity contribution is -0.137. The van der Waals surface area contributed by atoms with Crippen LogP contribution in [0.1, 0.15) is 22.7 Å². The first kappa shape index (κ1) is 22.5. The van der Waals surface area contributed by atoms with Crippen molar-refractivity contribution in [1.82, 2.24) is 10.2 Å². The molecule has 1 aliphatic rings. The van der Waals surface area contributed by atoms with Crippen LogP contribution >= 0.6 is 11.6 Å². The van der Waals surface area contributed by atoms with Gasteiger partial charge in [-0.3, -0.25) is 4.90 Å². The third-order valence-electron chi connectivity index (χ3n) is 5.16. The first-order chi connectivity index (χ1) is 14.3. The van der Waals surface area contributed by atoms with Crippen LogP contribution in [0.5, 0.6) is 17.2 Å². The number of nitrogens with one attached hydrogen (secondary N) is 1. The van der Waals surface area contributed by atoms with Crippen LogP contribution in [-0.2, 0) is 6.18 Å². The van der Waals surface area contributed by atoms with Crippen molar-refractivity contribution in [3.05, 3.63) is 52.0 Å². The van der Waals surface area contributed by atoms with Gasteiger partial charge in [0.25, 0.3) is 0 Å². The molecule has 2 aromatic carbocycles. The lowest BCUT2D eigenvalue weighted by atomic mass is 9.93. The predicted octanol–water partition coefficient (Wildman–Crippen LogP) is 4.38. The third kappa shape index (κ3) is 4.45. The van der Waals surface area contributed by atoms with Crippen LogP contribution in [0, 0.1) is 0 Å². The Morgan fingerprint density at radius 2 is 1.63 bits per heavy atom. The first-order valence-electron chi connectivity index (χ1n) is 9.42. The maximum atomic E-state index is 13.5. The second kappa shape index (κ2) is 9.32. The van der Waals surface area contributed by atoms with Gasteiger partial charge in [-0.1, -0.05) is 17.7 Å². The molecule has 164 valence electrons. The Labute approximate surface area is 178 Å². The van der Waals surface area contributed by atoms with Crippen molar-refractivity contribution < 1.29 is 27.4 Å². The van der Waals surface area contributed by atoms with E-state index in [2.05, 4.69) is 10.2 Å². The standard InChI is InChI=1S/C21H24ClF3N2O3/c1-28-17-7-5-14(19(29-2)20(17)30-3)18(27-10-8-26-9-11-27)13-4-6-16(22)15(12-13)21(23,24)25/h4-7,12,18,26H,8-11H2,1-3H3. The summed E-state index contributed by atoms with van der Waals surface area (Å²) in [5, 5.41) is 2.94. The van der Waals surface area contributed by atoms with Crippen LogP contribution < -0.4 is 19.5 Å². The summed E-state index contributed by atoms with van der Waals surface area (Å²) in [6.45, 7) is 2.77. The molecule has 3 rings (SSSR count). The molecule has 0 amide bonds. The summed E-state index contributed by atoms with van der Waals surface area (Å²) >= 11 is 5.86. The minimum atomic E-state index is -4.55. The zero-order valence-electron chi connectivity index (χ0n) is 17.0. The molecular formula is C21H24ClF3N2O3. The molecule has 30 heavy (non-hydrogen) atoms. The second-order valence-electron chi connectivity index (χ2n) is 6.85. The highest BCUT2D eigenvalue weighted by molar-refractivity contribution is 6.31. The zero-order valence-corrected chi connectivity index (χ0v) is 17.7. The number of hydrogen-bond donors (Lipinski definition) is 1. The number of rotatable bonds is 6. The van der Waals surface area contributed by atoms with E-state index >= 15 is 0 Å². The molecule has 0 bridgehead atoms. The van der Waals surface area contributed by atoms with Gasteiger partial charge in [0.05, 0.1) is 38.0 Å². The maximum Gasteiger partial charge on any atom is 0.417 e. The highest BCUT2D eigenvalue weighted by Gasteiger charge is 2.36. The SMILES string of the molecule is COc1ccc(C(c2ccc(Cl)c(C(F)(F)F)c2)N2CCNCC2)c(OC)c1OC. The van der Waals surface area contributed by atoms with Crippen LogP contribution in [0.4, 0.5) is 13.2 Å². The number of ether oxygens (including phenoxy) is 3. The van der Waals surface area contributed by atoms with Gasteiger partial charge in [0.2, 0.25) is 5.75 Å². The van der Waals surface area contributed by atoms with Crippen LogP contribution in [0.25, 0.3) is 0 Å². The number of benzene rings is 2. The van der Waals surface area contributed by atoms with Gasteiger partial charge in [-0.05, 0) is 29.8 Å². The average molecular weight is 445 g/mol. The van der Waals surface area contributed by atoms with Crippen LogP contribution in [0.15, 0.2) is 30.3 Å². The molecule has 1 unspecified atom stereocenters. The Bertz CT molecular complexity index is 887. The molecule has 9 heteroatoms. The molecule has 2 aromatic rings. The monoisotopic (exact) mass is 444 g/mol. The van der Waals surface area contributed by atoms with Crippen LogP contribution in [0.2, 0.25) is 5.02 Å². The van der Waals surface area contributed by atoms with Gasteiger partial charge in [-0.2, -0.15) is 13.2 Å². The van der Waals surface area contributed by atoms with E-state index in [9.17, 15) is 13.2 Å². The molecule has 0 aliphatic carbocycles. The van der Waals surface area contributed by atoms with Gasteiger partial charge in [-0.15, -0.1) is 0 Å². The smallest absolute Gasteiger partial charge is 0.417 e. The van der Waals surface area contributed by atoms with Gasteiger partial charge in [0.1, 0.15) is 0 Å². The Hall–Kier alpha value is -2.16. The van der Waals surface area contributed by atoms with E-state index in [1.54, 1.807) is 18.2 Å². The van der Waals surface area contributed by atoms with E-state index in [-0.39, 0.29) is 5.02 Å². The average Bonchev–Trinajstić information content (AvgIpc) is 2.74. The maximum absolute atomic E-state index is 13.5. The lowest BCUT2D eigenvalue weighted by Crippen LogP contribution is -2.45. The molecule has 5 nitrogen and oxygen atoms in total. The minimum Gasteiger partial charge on any atom is -0.493 e. The lowest BCUT2D eigenvalue weighted by Gasteiger charge is -2.36. The number of alkyl halides is 3. The number of hydrogen-bond acceptors (Lipinski definition) is 5. The summed E-state index contributed by atoms with van der Waals surface area (Å²) in [6, 6.07) is 7.08. The van der Waals surface area contributed by atoms with Gasteiger partial charge >= 0.3 is 6.18 Å². The van der Waals surface area contributed by atoms with Crippen molar-refractivity contribution in [3.8, 4) is 17.2 Å². The first-order valence-corrected chi connectivity index (χ1v) is 9.79. The Morgan fingerprint density at radius 3 is 2.20 bits per heavy atom. The van der Waals surface area contributed by atoms with Crippen LogP contribution in [0.3, 0.4) is 0 Å². The normalized spacial score (nSPS) is 16.2. The van der Waals surface area contributed by atoms with Crippen molar-refractivity contribution in [3.63, 3.8) is 0 Å².